The molecule has 1 heterocycles. The van der Waals surface area contributed by atoms with E-state index < -0.39 is 54.6 Å². The first-order valence-corrected chi connectivity index (χ1v) is 12.9. The highest BCUT2D eigenvalue weighted by atomic mass is 16.7. The van der Waals surface area contributed by atoms with Crippen LogP contribution in [0.4, 0.5) is 5.69 Å². The van der Waals surface area contributed by atoms with Crippen molar-refractivity contribution in [3.63, 3.8) is 0 Å². The van der Waals surface area contributed by atoms with Crippen molar-refractivity contribution < 1.29 is 47.6 Å². The third-order valence-corrected chi connectivity index (χ3v) is 5.73. The maximum absolute atomic E-state index is 12.0. The molecule has 1 unspecified atom stereocenters. The van der Waals surface area contributed by atoms with E-state index >= 15 is 0 Å². The Labute approximate surface area is 238 Å². The first-order valence-electron chi connectivity index (χ1n) is 12.9. The first-order chi connectivity index (χ1) is 19.6. The van der Waals surface area contributed by atoms with Crippen molar-refractivity contribution >= 4 is 29.6 Å². The molecule has 1 fully saturated rings. The topological polar surface area (TPSA) is 136 Å². The van der Waals surface area contributed by atoms with Crippen LogP contribution in [0, 0.1) is 11.8 Å². The fraction of sp³-hybridized carbons (Fsp3) is 0.400. The van der Waals surface area contributed by atoms with Crippen molar-refractivity contribution in [2.24, 2.45) is 0 Å². The molecule has 41 heavy (non-hydrogen) atoms. The first kappa shape index (κ1) is 31.1. The van der Waals surface area contributed by atoms with E-state index in [0.29, 0.717) is 0 Å². The molecule has 3 rings (SSSR count). The number of carbonyl (C=O) groups excluding carboxylic acids is 4. The van der Waals surface area contributed by atoms with Crippen molar-refractivity contribution in [3.05, 3.63) is 66.2 Å². The molecule has 0 aromatic heterocycles. The van der Waals surface area contributed by atoms with E-state index in [0.717, 1.165) is 32.0 Å². The van der Waals surface area contributed by atoms with Gasteiger partial charge in [0, 0.05) is 33.4 Å². The number of carbonyl (C=O) groups is 4. The zero-order chi connectivity index (χ0) is 29.8. The molecule has 2 aromatic rings. The van der Waals surface area contributed by atoms with Gasteiger partial charge in [-0.15, -0.1) is 0 Å². The van der Waals surface area contributed by atoms with Crippen LogP contribution >= 0.6 is 0 Å². The number of benzene rings is 2. The lowest BCUT2D eigenvalue weighted by molar-refractivity contribution is -0.305. The Morgan fingerprint density at radius 2 is 1.34 bits per heavy atom. The third kappa shape index (κ3) is 9.94. The molecular formula is C30H33NO10. The van der Waals surface area contributed by atoms with Crippen LogP contribution < -0.4 is 5.32 Å². The van der Waals surface area contributed by atoms with E-state index in [-0.39, 0.29) is 19.3 Å². The molecule has 0 spiro atoms. The van der Waals surface area contributed by atoms with Crippen LogP contribution in [-0.2, 0) is 47.6 Å². The summed E-state index contributed by atoms with van der Waals surface area (Å²) in [5.74, 6) is 3.32. The van der Waals surface area contributed by atoms with Gasteiger partial charge in [0.2, 0.25) is 0 Å². The summed E-state index contributed by atoms with van der Waals surface area (Å²) >= 11 is 0. The van der Waals surface area contributed by atoms with Gasteiger partial charge in [0.15, 0.2) is 24.6 Å². The summed E-state index contributed by atoms with van der Waals surface area (Å²) in [4.78, 5) is 47.3. The second-order valence-electron chi connectivity index (χ2n) is 9.05. The van der Waals surface area contributed by atoms with Crippen molar-refractivity contribution in [2.45, 2.75) is 64.4 Å². The molecule has 1 aliphatic heterocycles. The fourth-order valence-corrected chi connectivity index (χ4v) is 4.14. The summed E-state index contributed by atoms with van der Waals surface area (Å²) in [5.41, 5.74) is 1.80. The zero-order valence-electron chi connectivity index (χ0n) is 23.2. The highest BCUT2D eigenvalue weighted by Gasteiger charge is 2.52. The predicted molar refractivity (Wildman–Crippen MR) is 145 cm³/mol. The minimum Gasteiger partial charge on any atom is -0.463 e. The van der Waals surface area contributed by atoms with E-state index in [1.54, 1.807) is 0 Å². The number of nitrogens with one attached hydrogen (secondary N) is 1. The molecule has 1 saturated heterocycles. The smallest absolute Gasteiger partial charge is 0.303 e. The summed E-state index contributed by atoms with van der Waals surface area (Å²) in [6.07, 6.45) is -6.30. The van der Waals surface area contributed by atoms with Crippen LogP contribution in [0.5, 0.6) is 0 Å². The maximum atomic E-state index is 12.0. The number of ether oxygens (including phenoxy) is 6. The molecule has 0 saturated carbocycles. The molecule has 2 aromatic carbocycles. The van der Waals surface area contributed by atoms with Gasteiger partial charge in [-0.05, 0) is 17.7 Å². The van der Waals surface area contributed by atoms with Gasteiger partial charge in [0.05, 0.1) is 0 Å². The predicted octanol–water partition coefficient (Wildman–Crippen LogP) is 2.94. The van der Waals surface area contributed by atoms with E-state index in [1.807, 2.05) is 60.7 Å². The molecule has 1 N–H and O–H groups in total. The largest absolute Gasteiger partial charge is 0.463 e. The van der Waals surface area contributed by atoms with Gasteiger partial charge in [-0.2, -0.15) is 0 Å². The summed E-state index contributed by atoms with van der Waals surface area (Å²) in [7, 11) is 0. The summed E-state index contributed by atoms with van der Waals surface area (Å²) < 4.78 is 33.1. The number of hydrogen-bond donors (Lipinski definition) is 1. The van der Waals surface area contributed by atoms with Crippen LogP contribution in [0.2, 0.25) is 0 Å². The van der Waals surface area contributed by atoms with Crippen molar-refractivity contribution in [3.8, 4) is 11.8 Å². The third-order valence-electron chi connectivity index (χ3n) is 5.73. The Kier molecular flexibility index (Phi) is 11.7. The van der Waals surface area contributed by atoms with Crippen LogP contribution in [0.25, 0.3) is 0 Å². The SMILES string of the molecule is CC(=O)OC[C@H]1O[C@@H](OCC#CC(Nc2ccccc2)c2ccccc2)[C@H](OC(C)=O)[C@@H](OC(C)=O)[C@H]1OC(C)=O. The number of hydrogen-bond acceptors (Lipinski definition) is 11. The van der Waals surface area contributed by atoms with Gasteiger partial charge in [-0.3, -0.25) is 19.2 Å². The average Bonchev–Trinajstić information content (AvgIpc) is 2.92. The standard InChI is InChI=1S/C30H33NO10/c1-19(32)37-18-26-27(38-20(2)33)28(39-21(3)34)29(40-22(4)35)30(41-26)36-17-11-16-25(23-12-7-5-8-13-23)31-24-14-9-6-10-15-24/h5-10,12-15,25-31H,17-18H2,1-4H3/t25?,26-,27+,28+,29-,30-/m1/s1. The second-order valence-corrected chi connectivity index (χ2v) is 9.05. The number of anilines is 1. The summed E-state index contributed by atoms with van der Waals surface area (Å²) in [6, 6.07) is 18.8. The summed E-state index contributed by atoms with van der Waals surface area (Å²) in [6.45, 7) is 4.14. The van der Waals surface area contributed by atoms with Crippen molar-refractivity contribution in [1.82, 2.24) is 0 Å². The van der Waals surface area contributed by atoms with Crippen molar-refractivity contribution in [2.75, 3.05) is 18.5 Å². The highest BCUT2D eigenvalue weighted by molar-refractivity contribution is 5.68. The van der Waals surface area contributed by atoms with E-state index in [1.165, 1.54) is 6.92 Å². The van der Waals surface area contributed by atoms with Gasteiger partial charge >= 0.3 is 23.9 Å². The Morgan fingerprint density at radius 3 is 1.93 bits per heavy atom. The number of esters is 4. The number of rotatable bonds is 10. The molecular weight excluding hydrogens is 534 g/mol. The molecule has 218 valence electrons. The Hall–Kier alpha value is -4.40. The molecule has 0 radical (unpaired) electrons. The van der Waals surface area contributed by atoms with Gasteiger partial charge < -0.3 is 33.7 Å². The molecule has 0 bridgehead atoms. The fourth-order valence-electron chi connectivity index (χ4n) is 4.14. The monoisotopic (exact) mass is 567 g/mol. The molecule has 6 atom stereocenters. The molecule has 1 aliphatic rings. The normalized spacial score (nSPS) is 22.2. The Morgan fingerprint density at radius 1 is 0.780 bits per heavy atom. The minimum atomic E-state index is -1.32. The summed E-state index contributed by atoms with van der Waals surface area (Å²) in [5, 5.41) is 3.37. The van der Waals surface area contributed by atoms with Gasteiger partial charge in [-0.1, -0.05) is 60.4 Å². The highest BCUT2D eigenvalue weighted by Crippen LogP contribution is 2.30. The lowest BCUT2D eigenvalue weighted by atomic mass is 9.98. The second kappa shape index (κ2) is 15.4. The average molecular weight is 568 g/mol. The lowest BCUT2D eigenvalue weighted by Crippen LogP contribution is -2.63. The van der Waals surface area contributed by atoms with Gasteiger partial charge in [0.1, 0.15) is 25.4 Å². The molecule has 11 nitrogen and oxygen atoms in total. The quantitative estimate of drug-likeness (QED) is 0.258. The number of para-hydroxylation sites is 1. The van der Waals surface area contributed by atoms with E-state index in [4.69, 9.17) is 28.4 Å². The Bertz CT molecular complexity index is 1240. The molecule has 0 amide bonds. The minimum absolute atomic E-state index is 0.173. The zero-order valence-corrected chi connectivity index (χ0v) is 23.2. The van der Waals surface area contributed by atoms with E-state index in [9.17, 15) is 19.2 Å². The lowest BCUT2D eigenvalue weighted by Gasteiger charge is -2.43. The molecule has 0 aliphatic carbocycles. The van der Waals surface area contributed by atoms with Crippen LogP contribution in [0.1, 0.15) is 39.3 Å². The van der Waals surface area contributed by atoms with Gasteiger partial charge in [-0.25, -0.2) is 0 Å². The van der Waals surface area contributed by atoms with Crippen LogP contribution in [0.3, 0.4) is 0 Å². The Balaban J connectivity index is 1.85. The van der Waals surface area contributed by atoms with Gasteiger partial charge in [0.25, 0.3) is 0 Å². The maximum Gasteiger partial charge on any atom is 0.303 e. The molecule has 11 heteroatoms. The van der Waals surface area contributed by atoms with E-state index in [2.05, 4.69) is 17.2 Å². The van der Waals surface area contributed by atoms with Crippen molar-refractivity contribution in [1.29, 1.82) is 0 Å². The van der Waals surface area contributed by atoms with Crippen LogP contribution in [0.15, 0.2) is 60.7 Å². The van der Waals surface area contributed by atoms with Crippen LogP contribution in [-0.4, -0.2) is 67.8 Å².